The first-order valence-electron chi connectivity index (χ1n) is 13.1. The van der Waals surface area contributed by atoms with Gasteiger partial charge in [-0.3, -0.25) is 9.88 Å². The third-order valence-corrected chi connectivity index (χ3v) is 7.27. The summed E-state index contributed by atoms with van der Waals surface area (Å²) in [5.41, 5.74) is 7.29. The van der Waals surface area contributed by atoms with Crippen molar-refractivity contribution in [2.24, 2.45) is 0 Å². The molecule has 6 nitrogen and oxygen atoms in total. The maximum Gasteiger partial charge on any atom is 0.143 e. The van der Waals surface area contributed by atoms with Crippen LogP contribution in [0.5, 0.6) is 0 Å². The summed E-state index contributed by atoms with van der Waals surface area (Å²) in [6, 6.07) is 22.4. The Morgan fingerprint density at radius 2 is 1.82 bits per heavy atom. The van der Waals surface area contributed by atoms with Gasteiger partial charge in [0, 0.05) is 62.6 Å². The quantitative estimate of drug-likeness (QED) is 0.324. The van der Waals surface area contributed by atoms with Gasteiger partial charge in [0.2, 0.25) is 0 Å². The molecule has 0 fully saturated rings. The van der Waals surface area contributed by atoms with Gasteiger partial charge in [-0.2, -0.15) is 0 Å². The fourth-order valence-electron chi connectivity index (χ4n) is 5.33. The van der Waals surface area contributed by atoms with Crippen molar-refractivity contribution in [2.45, 2.75) is 32.6 Å². The highest BCUT2D eigenvalue weighted by Crippen LogP contribution is 2.28. The van der Waals surface area contributed by atoms with Gasteiger partial charge in [0.05, 0.1) is 11.4 Å². The minimum Gasteiger partial charge on any atom is -0.324 e. The van der Waals surface area contributed by atoms with Crippen molar-refractivity contribution in [2.75, 3.05) is 20.1 Å². The first kappa shape index (κ1) is 24.4. The molecule has 1 aliphatic heterocycles. The zero-order valence-corrected chi connectivity index (χ0v) is 21.6. The molecular weight excluding hydrogens is 475 g/mol. The van der Waals surface area contributed by atoms with Gasteiger partial charge in [-0.1, -0.05) is 36.4 Å². The zero-order chi connectivity index (χ0) is 25.9. The number of hydrogen-bond acceptors (Lipinski definition) is 5. The average molecular weight is 507 g/mol. The van der Waals surface area contributed by atoms with Crippen LogP contribution in [-0.4, -0.2) is 49.5 Å². The van der Waals surface area contributed by atoms with Gasteiger partial charge in [0.15, 0.2) is 0 Å². The van der Waals surface area contributed by atoms with Gasteiger partial charge in [-0.05, 0) is 60.5 Å². The predicted octanol–water partition coefficient (Wildman–Crippen LogP) is 5.32. The Kier molecular flexibility index (Phi) is 6.94. The second-order valence-electron chi connectivity index (χ2n) is 10.1. The van der Waals surface area contributed by atoms with Gasteiger partial charge in [-0.25, -0.2) is 14.4 Å². The second kappa shape index (κ2) is 10.8. The van der Waals surface area contributed by atoms with Crippen molar-refractivity contribution < 1.29 is 4.39 Å². The summed E-state index contributed by atoms with van der Waals surface area (Å²) < 4.78 is 17.3. The van der Waals surface area contributed by atoms with Crippen LogP contribution in [0, 0.1) is 5.82 Å². The Morgan fingerprint density at radius 3 is 2.71 bits per heavy atom. The van der Waals surface area contributed by atoms with Gasteiger partial charge in [0.1, 0.15) is 17.8 Å². The van der Waals surface area contributed by atoms with Crippen molar-refractivity contribution >= 4 is 11.0 Å². The second-order valence-corrected chi connectivity index (χ2v) is 10.1. The van der Waals surface area contributed by atoms with Crippen LogP contribution >= 0.6 is 0 Å². The molecule has 2 aromatic carbocycles. The van der Waals surface area contributed by atoms with Gasteiger partial charge < -0.3 is 9.47 Å². The fourth-order valence-corrected chi connectivity index (χ4v) is 5.33. The van der Waals surface area contributed by atoms with Crippen molar-refractivity contribution in [3.8, 4) is 11.3 Å². The van der Waals surface area contributed by atoms with E-state index in [0.29, 0.717) is 31.7 Å². The zero-order valence-electron chi connectivity index (χ0n) is 21.6. The van der Waals surface area contributed by atoms with Crippen LogP contribution < -0.4 is 0 Å². The SMILES string of the molecule is CN1CCc2cccc(c2)-c2cc3cncnc3n2CCN(Cc2ccccn2)Cc2cc(ccc2F)C1. The molecule has 7 heteroatoms. The first-order chi connectivity index (χ1) is 18.6. The number of benzene rings is 2. The summed E-state index contributed by atoms with van der Waals surface area (Å²) >= 11 is 0. The van der Waals surface area contributed by atoms with Crippen LogP contribution in [0.2, 0.25) is 0 Å². The topological polar surface area (TPSA) is 50.1 Å². The lowest BCUT2D eigenvalue weighted by molar-refractivity contribution is 0.241. The minimum absolute atomic E-state index is 0.168. The Balaban J connectivity index is 1.43. The molecule has 3 aromatic heterocycles. The van der Waals surface area contributed by atoms with Crippen molar-refractivity contribution in [3.63, 3.8) is 0 Å². The summed E-state index contributed by atoms with van der Waals surface area (Å²) in [5, 5.41) is 1.01. The van der Waals surface area contributed by atoms with E-state index in [0.717, 1.165) is 47.5 Å². The van der Waals surface area contributed by atoms with Crippen LogP contribution in [0.4, 0.5) is 4.39 Å². The molecule has 4 bridgehead atoms. The number of likely N-dealkylation sites (N-methyl/N-ethyl adjacent to an activating group) is 1. The van der Waals surface area contributed by atoms with E-state index in [-0.39, 0.29) is 5.82 Å². The van der Waals surface area contributed by atoms with Crippen molar-refractivity contribution in [1.29, 1.82) is 0 Å². The number of nitrogens with zero attached hydrogens (tertiary/aromatic N) is 6. The largest absolute Gasteiger partial charge is 0.324 e. The monoisotopic (exact) mass is 506 g/mol. The van der Waals surface area contributed by atoms with Crippen LogP contribution in [0.25, 0.3) is 22.3 Å². The van der Waals surface area contributed by atoms with Crippen molar-refractivity contribution in [3.05, 3.63) is 114 Å². The van der Waals surface area contributed by atoms with Gasteiger partial charge >= 0.3 is 0 Å². The first-order valence-corrected chi connectivity index (χ1v) is 13.1. The number of fused-ring (bicyclic) bond motifs is 8. The summed E-state index contributed by atoms with van der Waals surface area (Å²) in [4.78, 5) is 18.0. The molecule has 0 radical (unpaired) electrons. The van der Waals surface area contributed by atoms with Crippen molar-refractivity contribution in [1.82, 2.24) is 29.3 Å². The molecule has 0 spiro atoms. The maximum absolute atomic E-state index is 15.1. The van der Waals surface area contributed by atoms with E-state index >= 15 is 4.39 Å². The number of pyridine rings is 1. The molecular formula is C31H31FN6. The molecule has 0 aliphatic carbocycles. The summed E-state index contributed by atoms with van der Waals surface area (Å²) in [6.07, 6.45) is 6.23. The van der Waals surface area contributed by atoms with E-state index in [2.05, 4.69) is 66.7 Å². The van der Waals surface area contributed by atoms with Crippen LogP contribution in [0.3, 0.4) is 0 Å². The highest BCUT2D eigenvalue weighted by Gasteiger charge is 2.17. The molecule has 0 unspecified atom stereocenters. The number of halogens is 1. The van der Waals surface area contributed by atoms with E-state index in [1.165, 1.54) is 11.1 Å². The van der Waals surface area contributed by atoms with Crippen LogP contribution in [-0.2, 0) is 32.6 Å². The highest BCUT2D eigenvalue weighted by molar-refractivity contribution is 5.83. The lowest BCUT2D eigenvalue weighted by Crippen LogP contribution is -2.28. The molecule has 0 saturated heterocycles. The van der Waals surface area contributed by atoms with E-state index in [1.807, 2.05) is 42.7 Å². The smallest absolute Gasteiger partial charge is 0.143 e. The fraction of sp³-hybridized carbons (Fsp3) is 0.258. The maximum atomic E-state index is 15.1. The van der Waals surface area contributed by atoms with E-state index in [4.69, 9.17) is 0 Å². The number of aromatic nitrogens is 4. The molecule has 5 aromatic rings. The third kappa shape index (κ3) is 5.35. The molecule has 0 amide bonds. The minimum atomic E-state index is -0.168. The van der Waals surface area contributed by atoms with E-state index < -0.39 is 0 Å². The van der Waals surface area contributed by atoms with E-state index in [9.17, 15) is 0 Å². The Bertz CT molecular complexity index is 1550. The summed E-state index contributed by atoms with van der Waals surface area (Å²) in [6.45, 7) is 4.23. The molecule has 192 valence electrons. The highest BCUT2D eigenvalue weighted by atomic mass is 19.1. The molecule has 38 heavy (non-hydrogen) atoms. The number of hydrogen-bond donors (Lipinski definition) is 0. The molecule has 0 atom stereocenters. The van der Waals surface area contributed by atoms with Gasteiger partial charge in [0.25, 0.3) is 0 Å². The normalized spacial score (nSPS) is 15.4. The number of rotatable bonds is 2. The lowest BCUT2D eigenvalue weighted by Gasteiger charge is -2.24. The Morgan fingerprint density at radius 1 is 0.868 bits per heavy atom. The predicted molar refractivity (Wildman–Crippen MR) is 148 cm³/mol. The Hall–Kier alpha value is -3.94. The average Bonchev–Trinajstić information content (AvgIpc) is 3.31. The third-order valence-electron chi connectivity index (χ3n) is 7.27. The molecule has 0 saturated carbocycles. The molecule has 0 N–H and O–H groups in total. The van der Waals surface area contributed by atoms with Crippen LogP contribution in [0.1, 0.15) is 22.4 Å². The molecule has 1 aliphatic rings. The standard InChI is InChI=1S/C31H31FN6/c1-36-12-10-23-5-4-6-25(15-23)30-17-26-18-33-22-35-31(26)38(30)14-13-37(21-28-7-2-3-11-34-28)20-27-16-24(19-36)8-9-29(27)32/h2-9,11,15-18,22H,10,12-14,19-21H2,1H3. The molecule has 6 rings (SSSR count). The Labute approximate surface area is 222 Å². The lowest BCUT2D eigenvalue weighted by atomic mass is 10.0. The summed E-state index contributed by atoms with van der Waals surface area (Å²) in [7, 11) is 2.12. The summed E-state index contributed by atoms with van der Waals surface area (Å²) in [5.74, 6) is -0.168. The van der Waals surface area contributed by atoms with Crippen LogP contribution in [0.15, 0.2) is 85.5 Å². The van der Waals surface area contributed by atoms with Gasteiger partial charge in [-0.15, -0.1) is 0 Å². The molecule has 4 heterocycles. The van der Waals surface area contributed by atoms with E-state index in [1.54, 1.807) is 12.4 Å².